The van der Waals surface area contributed by atoms with Crippen LogP contribution in [0.1, 0.15) is 56.9 Å². The third-order valence-electron chi connectivity index (χ3n) is 6.54. The molecule has 3 aliphatic carbocycles. The smallest absolute Gasteiger partial charge is 0.141 e. The predicted molar refractivity (Wildman–Crippen MR) is 112 cm³/mol. The molecule has 3 nitrogen and oxygen atoms in total. The van der Waals surface area contributed by atoms with Crippen molar-refractivity contribution in [2.24, 2.45) is 17.8 Å². The van der Waals surface area contributed by atoms with Crippen molar-refractivity contribution in [3.8, 4) is 5.75 Å². The molecule has 1 fully saturated rings. The van der Waals surface area contributed by atoms with Gasteiger partial charge < -0.3 is 10.4 Å². The van der Waals surface area contributed by atoms with Gasteiger partial charge in [-0.1, -0.05) is 43.5 Å². The number of phenols is 1. The second-order valence-electron chi connectivity index (χ2n) is 8.41. The fourth-order valence-electron chi connectivity index (χ4n) is 4.99. The third-order valence-corrected chi connectivity index (χ3v) is 6.54. The summed E-state index contributed by atoms with van der Waals surface area (Å²) in [5.41, 5.74) is 1.90. The molecule has 2 bridgehead atoms. The second kappa shape index (κ2) is 8.88. The fraction of sp³-hybridized carbons (Fsp3) is 0.542. The monoisotopic (exact) mass is 364 g/mol. The minimum Gasteiger partial charge on any atom is -0.506 e. The minimum absolute atomic E-state index is 0.260. The van der Waals surface area contributed by atoms with E-state index in [0.717, 1.165) is 36.2 Å². The Kier molecular flexibility index (Phi) is 6.08. The first-order chi connectivity index (χ1) is 13.3. The zero-order valence-electron chi connectivity index (χ0n) is 16.2. The van der Waals surface area contributed by atoms with Gasteiger partial charge in [-0.3, -0.25) is 4.98 Å². The minimum atomic E-state index is 0.260. The Morgan fingerprint density at radius 3 is 2.78 bits per heavy atom. The topological polar surface area (TPSA) is 45.1 Å². The van der Waals surface area contributed by atoms with Crippen molar-refractivity contribution < 1.29 is 5.11 Å². The second-order valence-corrected chi connectivity index (χ2v) is 8.41. The lowest BCUT2D eigenvalue weighted by Crippen LogP contribution is -2.27. The Labute approximate surface area is 162 Å². The number of fused-ring (bicyclic) bond motifs is 3. The van der Waals surface area contributed by atoms with Crippen molar-refractivity contribution in [3.05, 3.63) is 48.2 Å². The Morgan fingerprint density at radius 2 is 1.96 bits per heavy atom. The van der Waals surface area contributed by atoms with E-state index in [4.69, 9.17) is 0 Å². The summed E-state index contributed by atoms with van der Waals surface area (Å²) < 4.78 is 0. The third kappa shape index (κ3) is 4.52. The van der Waals surface area contributed by atoms with Gasteiger partial charge in [0.05, 0.1) is 0 Å². The summed E-state index contributed by atoms with van der Waals surface area (Å²) in [7, 11) is 0. The van der Waals surface area contributed by atoms with Crippen LogP contribution in [-0.2, 0) is 6.54 Å². The summed E-state index contributed by atoms with van der Waals surface area (Å²) in [4.78, 5) is 4.29. The van der Waals surface area contributed by atoms with Crippen molar-refractivity contribution >= 4 is 10.9 Å². The quantitative estimate of drug-likeness (QED) is 0.451. The van der Waals surface area contributed by atoms with E-state index in [1.807, 2.05) is 18.2 Å². The van der Waals surface area contributed by atoms with Crippen molar-refractivity contribution in [1.29, 1.82) is 0 Å². The number of benzene rings is 1. The van der Waals surface area contributed by atoms with Gasteiger partial charge in [0.25, 0.3) is 0 Å². The molecule has 1 aromatic heterocycles. The summed E-state index contributed by atoms with van der Waals surface area (Å²) in [6, 6.07) is 7.71. The highest BCUT2D eigenvalue weighted by molar-refractivity contribution is 5.87. The van der Waals surface area contributed by atoms with Crippen LogP contribution in [0, 0.1) is 17.8 Å². The van der Waals surface area contributed by atoms with E-state index in [9.17, 15) is 5.11 Å². The molecule has 3 atom stereocenters. The fourth-order valence-corrected chi connectivity index (χ4v) is 4.99. The number of rotatable bonds is 9. The molecule has 1 heterocycles. The number of aromatic nitrogens is 1. The molecule has 0 saturated heterocycles. The van der Waals surface area contributed by atoms with Crippen LogP contribution in [0.2, 0.25) is 0 Å². The summed E-state index contributed by atoms with van der Waals surface area (Å²) in [5.74, 6) is 3.03. The van der Waals surface area contributed by atoms with Gasteiger partial charge in [0, 0.05) is 18.1 Å². The number of unbranched alkanes of at least 4 members (excludes halogenated alkanes) is 3. The van der Waals surface area contributed by atoms with Crippen LogP contribution in [0.25, 0.3) is 10.9 Å². The molecule has 1 saturated carbocycles. The first kappa shape index (κ1) is 18.5. The largest absolute Gasteiger partial charge is 0.506 e. The SMILES string of the molecule is Oc1ccc(CNCCCCCCC2CC3C=CC2CC3)c2cccnc12. The lowest BCUT2D eigenvalue weighted by Gasteiger charge is -2.38. The normalized spacial score (nSPS) is 23.9. The number of nitrogens with zero attached hydrogens (tertiary/aromatic N) is 1. The van der Waals surface area contributed by atoms with Gasteiger partial charge in [-0.25, -0.2) is 0 Å². The van der Waals surface area contributed by atoms with Gasteiger partial charge in [-0.05, 0) is 74.1 Å². The van der Waals surface area contributed by atoms with E-state index in [2.05, 4.69) is 22.5 Å². The molecule has 0 amide bonds. The highest BCUT2D eigenvalue weighted by atomic mass is 16.3. The van der Waals surface area contributed by atoms with Gasteiger partial charge in [0.15, 0.2) is 0 Å². The maximum Gasteiger partial charge on any atom is 0.141 e. The predicted octanol–water partition coefficient (Wildman–Crippen LogP) is 5.58. The Morgan fingerprint density at radius 1 is 1.04 bits per heavy atom. The van der Waals surface area contributed by atoms with Gasteiger partial charge >= 0.3 is 0 Å². The van der Waals surface area contributed by atoms with Gasteiger partial charge in [-0.2, -0.15) is 0 Å². The van der Waals surface area contributed by atoms with Crippen molar-refractivity contribution in [2.45, 2.75) is 57.9 Å². The summed E-state index contributed by atoms with van der Waals surface area (Å²) in [5, 5.41) is 14.5. The lowest BCUT2D eigenvalue weighted by atomic mass is 9.67. The molecule has 5 rings (SSSR count). The first-order valence-electron chi connectivity index (χ1n) is 10.8. The molecule has 0 spiro atoms. The number of phenolic OH excluding ortho intramolecular Hbond substituents is 1. The Balaban J connectivity index is 1.12. The maximum atomic E-state index is 9.93. The van der Waals surface area contributed by atoms with Crippen LogP contribution in [-0.4, -0.2) is 16.6 Å². The van der Waals surface area contributed by atoms with E-state index < -0.39 is 0 Å². The average Bonchev–Trinajstić information content (AvgIpc) is 2.72. The molecule has 2 N–H and O–H groups in total. The van der Waals surface area contributed by atoms with E-state index in [0.29, 0.717) is 5.52 Å². The summed E-state index contributed by atoms with van der Waals surface area (Å²) >= 11 is 0. The van der Waals surface area contributed by atoms with E-state index >= 15 is 0 Å². The number of hydrogen-bond acceptors (Lipinski definition) is 3. The number of nitrogens with one attached hydrogen (secondary N) is 1. The molecule has 3 heteroatoms. The summed E-state index contributed by atoms with van der Waals surface area (Å²) in [6.07, 6.45) is 17.8. The van der Waals surface area contributed by atoms with Crippen LogP contribution in [0.15, 0.2) is 42.6 Å². The zero-order valence-corrected chi connectivity index (χ0v) is 16.2. The zero-order chi connectivity index (χ0) is 18.5. The molecular weight excluding hydrogens is 332 g/mol. The van der Waals surface area contributed by atoms with Gasteiger partial charge in [0.2, 0.25) is 0 Å². The number of pyridine rings is 1. The molecule has 27 heavy (non-hydrogen) atoms. The van der Waals surface area contributed by atoms with Crippen molar-refractivity contribution in [3.63, 3.8) is 0 Å². The molecule has 3 unspecified atom stereocenters. The molecule has 3 aliphatic rings. The standard InChI is InChI=1S/C24H32N2O/c27-23-13-12-21(22-7-5-15-26-24(22)23)17-25-14-4-2-1-3-6-20-16-18-8-10-19(20)11-9-18/h5,7-8,10,12-13,15,18-20,25,27H,1-4,6,9,11,14,16-17H2. The number of allylic oxidation sites excluding steroid dienone is 2. The van der Waals surface area contributed by atoms with E-state index in [1.165, 1.54) is 56.9 Å². The molecule has 144 valence electrons. The van der Waals surface area contributed by atoms with E-state index in [1.54, 1.807) is 12.3 Å². The Bertz CT molecular complexity index is 785. The average molecular weight is 365 g/mol. The van der Waals surface area contributed by atoms with Crippen LogP contribution in [0.5, 0.6) is 5.75 Å². The van der Waals surface area contributed by atoms with Crippen molar-refractivity contribution in [1.82, 2.24) is 10.3 Å². The van der Waals surface area contributed by atoms with E-state index in [-0.39, 0.29) is 5.75 Å². The molecule has 0 aliphatic heterocycles. The molecule has 1 aromatic carbocycles. The van der Waals surface area contributed by atoms with Crippen LogP contribution >= 0.6 is 0 Å². The molecule has 2 aromatic rings. The lowest BCUT2D eigenvalue weighted by molar-refractivity contribution is 0.205. The highest BCUT2D eigenvalue weighted by Gasteiger charge is 2.30. The van der Waals surface area contributed by atoms with Gasteiger partial charge in [0.1, 0.15) is 11.3 Å². The van der Waals surface area contributed by atoms with Crippen molar-refractivity contribution in [2.75, 3.05) is 6.54 Å². The Hall–Kier alpha value is -1.87. The van der Waals surface area contributed by atoms with Crippen LogP contribution in [0.4, 0.5) is 0 Å². The number of hydrogen-bond donors (Lipinski definition) is 2. The first-order valence-corrected chi connectivity index (χ1v) is 10.8. The highest BCUT2D eigenvalue weighted by Crippen LogP contribution is 2.42. The maximum absolute atomic E-state index is 9.93. The number of aromatic hydroxyl groups is 1. The van der Waals surface area contributed by atoms with Crippen LogP contribution < -0.4 is 5.32 Å². The summed E-state index contributed by atoms with van der Waals surface area (Å²) in [6.45, 7) is 1.89. The van der Waals surface area contributed by atoms with Gasteiger partial charge in [-0.15, -0.1) is 0 Å². The molecule has 0 radical (unpaired) electrons. The van der Waals surface area contributed by atoms with Crippen LogP contribution in [0.3, 0.4) is 0 Å². The molecular formula is C24H32N2O.